The van der Waals surface area contributed by atoms with Gasteiger partial charge in [-0.25, -0.2) is 0 Å². The summed E-state index contributed by atoms with van der Waals surface area (Å²) in [5.41, 5.74) is 3.78. The van der Waals surface area contributed by atoms with Crippen LogP contribution in [0.4, 0.5) is 0 Å². The molecule has 4 nitrogen and oxygen atoms in total. The zero-order chi connectivity index (χ0) is 59.7. The number of nitrogens with zero attached hydrogens (tertiary/aromatic N) is 3. The number of thiocarbonyl (C=S) groups is 1. The Kier molecular flexibility index (Phi) is 67.1. The second kappa shape index (κ2) is 68.4. The SMILES string of the molecule is CCCCCCCCCCCCCCCCCCN(CCCCCCCCCCCCCCCCCC)CN1NC(=S)[S+](CN(CCCCCCCCCCCCCCCCCC)CCCCCCCCCCCCCCCCCC)C1S. The van der Waals surface area contributed by atoms with Crippen LogP contribution in [0.1, 0.15) is 439 Å². The van der Waals surface area contributed by atoms with Gasteiger partial charge < -0.3 is 0 Å². The van der Waals surface area contributed by atoms with Gasteiger partial charge in [0.15, 0.2) is 5.88 Å². The van der Waals surface area contributed by atoms with Crippen LogP contribution in [-0.4, -0.2) is 62.6 Å². The van der Waals surface area contributed by atoms with Crippen molar-refractivity contribution >= 4 is 40.1 Å². The Morgan fingerprint density at radius 2 is 0.458 bits per heavy atom. The molecule has 0 aromatic heterocycles. The van der Waals surface area contributed by atoms with Gasteiger partial charge in [0.25, 0.3) is 0 Å². The van der Waals surface area contributed by atoms with E-state index >= 15 is 0 Å². The Labute approximate surface area is 539 Å². The summed E-state index contributed by atoms with van der Waals surface area (Å²) < 4.78 is 1.24. The minimum Gasteiger partial charge on any atom is -0.289 e. The first kappa shape index (κ1) is 81.5. The molecule has 7 heteroatoms. The molecule has 496 valence electrons. The van der Waals surface area contributed by atoms with Gasteiger partial charge in [0.05, 0.1) is 6.67 Å². The van der Waals surface area contributed by atoms with Gasteiger partial charge >= 0.3 is 4.32 Å². The van der Waals surface area contributed by atoms with Crippen LogP contribution in [0.25, 0.3) is 0 Å². The summed E-state index contributed by atoms with van der Waals surface area (Å²) in [6.45, 7) is 15.1. The van der Waals surface area contributed by atoms with Crippen LogP contribution in [0.15, 0.2) is 0 Å². The lowest BCUT2D eigenvalue weighted by atomic mass is 10.0. The van der Waals surface area contributed by atoms with Crippen molar-refractivity contribution in [1.29, 1.82) is 0 Å². The van der Waals surface area contributed by atoms with Gasteiger partial charge in [-0.15, -0.1) is 17.6 Å². The standard InChI is InChI=1S/C76H154N4S3/c1-5-9-13-17-21-25-29-33-37-41-45-49-53-57-61-65-69-78(70-66-62-58-54-50-46-42-38-34-30-26-22-18-14-10-6-2)73-80-76(82)83(75(81)77-80)74-79(71-67-63-59-55-51-47-43-39-35-31-27-23-19-15-11-7-3)72-68-64-60-56-52-48-44-40-36-32-28-24-20-16-12-8-4/h76H,5-74H2,1-4H3,(H-,77,81,82)/p+1. The summed E-state index contributed by atoms with van der Waals surface area (Å²) in [5, 5.41) is 2.45. The van der Waals surface area contributed by atoms with E-state index in [1.165, 1.54) is 437 Å². The van der Waals surface area contributed by atoms with E-state index in [9.17, 15) is 0 Å². The summed E-state index contributed by atoms with van der Waals surface area (Å²) in [5.74, 6) is 1.09. The second-order valence-electron chi connectivity index (χ2n) is 27.3. The van der Waals surface area contributed by atoms with Crippen LogP contribution in [0.5, 0.6) is 0 Å². The van der Waals surface area contributed by atoms with E-state index in [2.05, 4.69) is 47.9 Å². The third-order valence-electron chi connectivity index (χ3n) is 19.0. The van der Waals surface area contributed by atoms with Gasteiger partial charge in [-0.3, -0.25) is 15.2 Å². The Balaban J connectivity index is 2.65. The van der Waals surface area contributed by atoms with Crippen molar-refractivity contribution in [1.82, 2.24) is 20.2 Å². The maximum atomic E-state index is 6.26. The number of unbranched alkanes of at least 4 members (excludes halogenated alkanes) is 60. The molecule has 0 bridgehead atoms. The zero-order valence-electron chi connectivity index (χ0n) is 57.7. The van der Waals surface area contributed by atoms with Crippen molar-refractivity contribution < 1.29 is 0 Å². The molecular formula is C76H155N4S3+. The fourth-order valence-corrected chi connectivity index (χ4v) is 16.3. The predicted molar refractivity (Wildman–Crippen MR) is 389 cm³/mol. The highest BCUT2D eigenvalue weighted by Gasteiger charge is 2.47. The first-order valence-electron chi connectivity index (χ1n) is 39.0. The maximum Gasteiger partial charge on any atom is 0.306 e. The molecule has 0 radical (unpaired) electrons. The quantitative estimate of drug-likeness (QED) is 0.0273. The van der Waals surface area contributed by atoms with Crippen molar-refractivity contribution in [3.63, 3.8) is 0 Å². The summed E-state index contributed by atoms with van der Waals surface area (Å²) in [6, 6.07) is 0. The van der Waals surface area contributed by atoms with Crippen molar-refractivity contribution in [2.45, 2.75) is 443 Å². The van der Waals surface area contributed by atoms with E-state index in [0.29, 0.717) is 0 Å². The molecule has 1 rings (SSSR count). The smallest absolute Gasteiger partial charge is 0.289 e. The molecule has 0 aromatic rings. The first-order valence-corrected chi connectivity index (χ1v) is 41.3. The van der Waals surface area contributed by atoms with Crippen LogP contribution in [0.3, 0.4) is 0 Å². The van der Waals surface area contributed by atoms with Crippen molar-refractivity contribution in [3.05, 3.63) is 0 Å². The molecule has 1 saturated heterocycles. The lowest BCUT2D eigenvalue weighted by Crippen LogP contribution is -2.46. The Morgan fingerprint density at radius 3 is 0.651 bits per heavy atom. The fraction of sp³-hybridized carbons (Fsp3) is 0.987. The monoisotopic (exact) mass is 1220 g/mol. The number of rotatable bonds is 72. The first-order chi connectivity index (χ1) is 41.1. The Morgan fingerprint density at radius 1 is 0.289 bits per heavy atom. The van der Waals surface area contributed by atoms with Crippen LogP contribution >= 0.6 is 24.8 Å². The van der Waals surface area contributed by atoms with Gasteiger partial charge in [-0.2, -0.15) is 0 Å². The highest BCUT2D eigenvalue weighted by Crippen LogP contribution is 2.26. The van der Waals surface area contributed by atoms with E-state index in [-0.39, 0.29) is 15.6 Å². The van der Waals surface area contributed by atoms with Gasteiger partial charge in [0.2, 0.25) is 4.71 Å². The molecule has 1 aliphatic rings. The number of nitrogens with one attached hydrogen (secondary N) is 1. The van der Waals surface area contributed by atoms with E-state index in [1.54, 1.807) is 0 Å². The van der Waals surface area contributed by atoms with Crippen LogP contribution in [-0.2, 0) is 10.9 Å². The second-order valence-corrected chi connectivity index (χ2v) is 30.8. The third kappa shape index (κ3) is 57.4. The van der Waals surface area contributed by atoms with Gasteiger partial charge in [-0.1, -0.05) is 413 Å². The minimum absolute atomic E-state index is 0.0563. The topological polar surface area (TPSA) is 21.8 Å². The average molecular weight is 1220 g/mol. The predicted octanol–water partition coefficient (Wildman–Crippen LogP) is 26.5. The average Bonchev–Trinajstić information content (AvgIpc) is 4.00. The van der Waals surface area contributed by atoms with Crippen molar-refractivity contribution in [3.8, 4) is 0 Å². The number of hydrogen-bond donors (Lipinski definition) is 2. The normalized spacial score (nSPS) is 14.9. The maximum absolute atomic E-state index is 6.26. The molecule has 1 N–H and O–H groups in total. The molecule has 0 spiro atoms. The summed E-state index contributed by atoms with van der Waals surface area (Å²) in [7, 11) is -0.0563. The number of hydrogen-bond acceptors (Lipinski definition) is 5. The molecular weight excluding hydrogens is 1070 g/mol. The Bertz CT molecular complexity index is 1170. The van der Waals surface area contributed by atoms with Crippen LogP contribution < -0.4 is 5.43 Å². The molecule has 1 fully saturated rings. The summed E-state index contributed by atoms with van der Waals surface area (Å²) in [6.07, 6.45) is 91.7. The molecule has 2 atom stereocenters. The highest BCUT2D eigenvalue weighted by atomic mass is 32.2. The van der Waals surface area contributed by atoms with Crippen LogP contribution in [0, 0.1) is 0 Å². The van der Waals surface area contributed by atoms with Crippen LogP contribution in [0.2, 0.25) is 0 Å². The largest absolute Gasteiger partial charge is 0.306 e. The molecule has 2 unspecified atom stereocenters. The lowest BCUT2D eigenvalue weighted by Gasteiger charge is -2.28. The molecule has 0 aliphatic carbocycles. The molecule has 0 saturated carbocycles. The third-order valence-corrected chi connectivity index (χ3v) is 22.7. The van der Waals surface area contributed by atoms with E-state index < -0.39 is 0 Å². The summed E-state index contributed by atoms with van der Waals surface area (Å²) in [4.78, 5) is 5.62. The fourth-order valence-electron chi connectivity index (χ4n) is 13.2. The lowest BCUT2D eigenvalue weighted by molar-refractivity contribution is 0.122. The number of hydrazine groups is 1. The highest BCUT2D eigenvalue weighted by molar-refractivity contribution is 8.25. The van der Waals surface area contributed by atoms with Crippen molar-refractivity contribution in [2.75, 3.05) is 38.7 Å². The molecule has 0 aromatic carbocycles. The van der Waals surface area contributed by atoms with Gasteiger partial charge in [0, 0.05) is 13.1 Å². The van der Waals surface area contributed by atoms with Crippen molar-refractivity contribution in [2.24, 2.45) is 0 Å². The van der Waals surface area contributed by atoms with E-state index in [1.807, 2.05) is 0 Å². The van der Waals surface area contributed by atoms with E-state index in [4.69, 9.17) is 24.8 Å². The van der Waals surface area contributed by atoms with E-state index in [0.717, 1.165) is 16.9 Å². The minimum atomic E-state index is -0.0563. The molecule has 1 heterocycles. The molecule has 83 heavy (non-hydrogen) atoms. The summed E-state index contributed by atoms with van der Waals surface area (Å²) >= 11 is 11.7. The Hall–Kier alpha value is 0.470. The molecule has 0 amide bonds. The number of thiol groups is 1. The zero-order valence-corrected chi connectivity index (χ0v) is 60.2. The molecule has 1 aliphatic heterocycles. The van der Waals surface area contributed by atoms with Gasteiger partial charge in [0.1, 0.15) is 10.9 Å². The van der Waals surface area contributed by atoms with Gasteiger partial charge in [-0.05, 0) is 51.0 Å².